The van der Waals surface area contributed by atoms with Crippen LogP contribution in [0.5, 0.6) is 5.75 Å². The molecule has 6 N–H and O–H groups in total. The van der Waals surface area contributed by atoms with Crippen molar-refractivity contribution in [3.8, 4) is 5.75 Å². The SMILES string of the molecule is COCCCCOc1ccccc1C(=O)NCC(CC(N)C(O)CNC(=O)C(C)(C)N1CCC2(CC1)CNc1ccccc12)C(C)C.Cl.Cl. The van der Waals surface area contributed by atoms with Crippen molar-refractivity contribution in [2.75, 3.05) is 58.4 Å². The summed E-state index contributed by atoms with van der Waals surface area (Å²) in [5, 5.41) is 20.6. The molecule has 2 amide bonds. The fourth-order valence-corrected chi connectivity index (χ4v) is 6.84. The summed E-state index contributed by atoms with van der Waals surface area (Å²) < 4.78 is 11.0. The van der Waals surface area contributed by atoms with Crippen molar-refractivity contribution in [2.45, 2.75) is 82.9 Å². The number of para-hydroxylation sites is 2. The summed E-state index contributed by atoms with van der Waals surface area (Å²) in [7, 11) is 1.68. The van der Waals surface area contributed by atoms with E-state index >= 15 is 0 Å². The van der Waals surface area contributed by atoms with Gasteiger partial charge >= 0.3 is 0 Å². The molecule has 2 aromatic carbocycles. The van der Waals surface area contributed by atoms with Gasteiger partial charge in [0.2, 0.25) is 5.91 Å². The van der Waals surface area contributed by atoms with E-state index in [1.807, 2.05) is 26.0 Å². The van der Waals surface area contributed by atoms with Crippen LogP contribution < -0.4 is 26.4 Å². The van der Waals surface area contributed by atoms with Gasteiger partial charge in [-0.2, -0.15) is 0 Å². The Hall–Kier alpha value is -2.60. The molecule has 1 spiro atoms. The zero-order chi connectivity index (χ0) is 34.0. The van der Waals surface area contributed by atoms with Crippen molar-refractivity contribution < 1.29 is 24.2 Å². The minimum absolute atomic E-state index is 0. The number of nitrogens with one attached hydrogen (secondary N) is 3. The number of aliphatic hydroxyl groups excluding tert-OH is 1. The second kappa shape index (κ2) is 19.7. The second-order valence-electron chi connectivity index (χ2n) is 14.2. The summed E-state index contributed by atoms with van der Waals surface area (Å²) >= 11 is 0. The van der Waals surface area contributed by atoms with Gasteiger partial charge in [0.1, 0.15) is 5.75 Å². The molecule has 49 heavy (non-hydrogen) atoms. The van der Waals surface area contributed by atoms with E-state index in [1.54, 1.807) is 19.2 Å². The lowest BCUT2D eigenvalue weighted by molar-refractivity contribution is -0.133. The van der Waals surface area contributed by atoms with Gasteiger partial charge in [0.25, 0.3) is 5.91 Å². The molecule has 3 unspecified atom stereocenters. The molecule has 0 radical (unpaired) electrons. The van der Waals surface area contributed by atoms with E-state index in [0.29, 0.717) is 37.5 Å². The number of hydrogen-bond acceptors (Lipinski definition) is 8. The normalized spacial score (nSPS) is 17.1. The Morgan fingerprint density at radius 1 is 1.00 bits per heavy atom. The van der Waals surface area contributed by atoms with Crippen molar-refractivity contribution >= 4 is 42.3 Å². The van der Waals surface area contributed by atoms with Gasteiger partial charge in [-0.3, -0.25) is 14.5 Å². The Morgan fingerprint density at radius 3 is 2.35 bits per heavy atom. The first kappa shape index (κ1) is 42.6. The van der Waals surface area contributed by atoms with Gasteiger partial charge in [-0.25, -0.2) is 0 Å². The van der Waals surface area contributed by atoms with Crippen LogP contribution in [0.3, 0.4) is 0 Å². The molecule has 1 fully saturated rings. The number of piperidine rings is 1. The Balaban J connectivity index is 0.00000417. The van der Waals surface area contributed by atoms with Gasteiger partial charge < -0.3 is 36.3 Å². The largest absolute Gasteiger partial charge is 0.493 e. The van der Waals surface area contributed by atoms with E-state index in [9.17, 15) is 14.7 Å². The topological polar surface area (TPSA) is 138 Å². The quantitative estimate of drug-likeness (QED) is 0.147. The van der Waals surface area contributed by atoms with Crippen molar-refractivity contribution in [1.29, 1.82) is 0 Å². The van der Waals surface area contributed by atoms with Crippen molar-refractivity contribution in [3.05, 3.63) is 59.7 Å². The van der Waals surface area contributed by atoms with Gasteiger partial charge in [-0.1, -0.05) is 44.2 Å². The number of aliphatic hydroxyl groups is 1. The molecule has 0 bridgehead atoms. The van der Waals surface area contributed by atoms with Crippen LogP contribution in [0, 0.1) is 11.8 Å². The van der Waals surface area contributed by atoms with Gasteiger partial charge in [0.15, 0.2) is 0 Å². The molecule has 0 aliphatic carbocycles. The first-order valence-electron chi connectivity index (χ1n) is 17.3. The van der Waals surface area contributed by atoms with Gasteiger partial charge in [-0.15, -0.1) is 24.8 Å². The lowest BCUT2D eigenvalue weighted by Gasteiger charge is -2.45. The number of likely N-dealkylation sites (tertiary alicyclic amines) is 1. The maximum absolute atomic E-state index is 13.4. The predicted molar refractivity (Wildman–Crippen MR) is 201 cm³/mol. The van der Waals surface area contributed by atoms with E-state index in [-0.39, 0.29) is 60.4 Å². The first-order chi connectivity index (χ1) is 22.5. The minimum atomic E-state index is -0.912. The predicted octanol–water partition coefficient (Wildman–Crippen LogP) is 4.77. The van der Waals surface area contributed by atoms with Crippen molar-refractivity contribution in [1.82, 2.24) is 15.5 Å². The van der Waals surface area contributed by atoms with Gasteiger partial charge in [-0.05, 0) is 81.5 Å². The number of methoxy groups -OCH3 is 1. The number of hydrogen-bond donors (Lipinski definition) is 5. The zero-order valence-corrected chi connectivity index (χ0v) is 31.5. The Morgan fingerprint density at radius 2 is 1.65 bits per heavy atom. The number of amides is 2. The highest BCUT2D eigenvalue weighted by atomic mass is 35.5. The first-order valence-corrected chi connectivity index (χ1v) is 17.3. The van der Waals surface area contributed by atoms with E-state index in [1.165, 1.54) is 11.3 Å². The molecule has 2 aromatic rings. The maximum Gasteiger partial charge on any atom is 0.255 e. The number of carbonyl (C=O) groups is 2. The lowest BCUT2D eigenvalue weighted by atomic mass is 9.73. The van der Waals surface area contributed by atoms with Crippen molar-refractivity contribution in [2.24, 2.45) is 17.6 Å². The number of fused-ring (bicyclic) bond motifs is 2. The van der Waals surface area contributed by atoms with Crippen LogP contribution in [0.2, 0.25) is 0 Å². The number of carbonyl (C=O) groups excluding carboxylic acids is 2. The highest BCUT2D eigenvalue weighted by Gasteiger charge is 2.45. The highest BCUT2D eigenvalue weighted by Crippen LogP contribution is 2.44. The summed E-state index contributed by atoms with van der Waals surface area (Å²) in [4.78, 5) is 28.8. The molecular weight excluding hydrogens is 665 g/mol. The summed E-state index contributed by atoms with van der Waals surface area (Å²) in [6, 6.07) is 15.2. The lowest BCUT2D eigenvalue weighted by Crippen LogP contribution is -2.60. The van der Waals surface area contributed by atoms with Crippen LogP contribution in [-0.4, -0.2) is 92.6 Å². The number of rotatable bonds is 17. The number of nitrogens with two attached hydrogens (primary N) is 1. The van der Waals surface area contributed by atoms with E-state index < -0.39 is 17.7 Å². The third-order valence-electron chi connectivity index (χ3n) is 10.3. The number of ether oxygens (including phenoxy) is 2. The molecule has 2 aliphatic rings. The van der Waals surface area contributed by atoms with Crippen LogP contribution in [0.15, 0.2) is 48.5 Å². The fourth-order valence-electron chi connectivity index (χ4n) is 6.84. The molecule has 0 aromatic heterocycles. The smallest absolute Gasteiger partial charge is 0.255 e. The van der Waals surface area contributed by atoms with Gasteiger partial charge in [0, 0.05) is 63.6 Å². The number of anilines is 1. The zero-order valence-electron chi connectivity index (χ0n) is 29.8. The molecule has 0 saturated carbocycles. The van der Waals surface area contributed by atoms with E-state index in [2.05, 4.69) is 59.0 Å². The molecular formula is C37H59Cl2N5O5. The average molecular weight is 725 g/mol. The van der Waals surface area contributed by atoms with Gasteiger partial charge in [0.05, 0.1) is 23.8 Å². The molecule has 276 valence electrons. The molecule has 10 nitrogen and oxygen atoms in total. The Bertz CT molecular complexity index is 1320. The standard InChI is InChI=1S/C37H57N5O5.2ClH/c1-26(2)27(23-39-34(44)28-12-6-9-15-33(28)47-21-11-10-20-46-5)22-30(38)32(43)24-40-35(45)36(3,4)42-18-16-37(17-19-42)25-41-31-14-8-7-13-29(31)37;;/h6-9,12-15,26-27,30,32,41,43H,10-11,16-25,38H2,1-5H3,(H,39,44)(H,40,45);2*1H. The molecule has 2 heterocycles. The molecule has 1 saturated heterocycles. The summed E-state index contributed by atoms with van der Waals surface area (Å²) in [5.41, 5.74) is 8.98. The number of unbranched alkanes of at least 4 members (excludes halogenated alkanes) is 1. The number of benzene rings is 2. The Labute approximate surface area is 305 Å². The van der Waals surface area contributed by atoms with E-state index in [0.717, 1.165) is 45.3 Å². The molecule has 4 rings (SSSR count). The summed E-state index contributed by atoms with van der Waals surface area (Å²) in [5.74, 6) is 0.493. The van der Waals surface area contributed by atoms with Crippen LogP contribution in [-0.2, 0) is 14.9 Å². The maximum atomic E-state index is 13.4. The molecule has 3 atom stereocenters. The highest BCUT2D eigenvalue weighted by molar-refractivity contribution is 5.96. The van der Waals surface area contributed by atoms with Crippen molar-refractivity contribution in [3.63, 3.8) is 0 Å². The van der Waals surface area contributed by atoms with Crippen LogP contribution >= 0.6 is 24.8 Å². The third-order valence-corrected chi connectivity index (χ3v) is 10.3. The summed E-state index contributed by atoms with van der Waals surface area (Å²) in [6.07, 6.45) is 3.29. The third kappa shape index (κ3) is 10.9. The second-order valence-corrected chi connectivity index (χ2v) is 14.2. The minimum Gasteiger partial charge on any atom is -0.493 e. The van der Waals surface area contributed by atoms with E-state index in [4.69, 9.17) is 15.2 Å². The Kier molecular flexibility index (Phi) is 17.1. The fraction of sp³-hybridized carbons (Fsp3) is 0.622. The monoisotopic (exact) mass is 723 g/mol. The number of halogens is 2. The van der Waals surface area contributed by atoms with Crippen LogP contribution in [0.4, 0.5) is 5.69 Å². The van der Waals surface area contributed by atoms with Crippen LogP contribution in [0.1, 0.15) is 75.7 Å². The average Bonchev–Trinajstić information content (AvgIpc) is 3.42. The van der Waals surface area contributed by atoms with Crippen LogP contribution in [0.25, 0.3) is 0 Å². The summed E-state index contributed by atoms with van der Waals surface area (Å²) in [6.45, 7) is 12.3. The number of nitrogens with zero attached hydrogens (tertiary/aromatic N) is 1. The molecule has 12 heteroatoms. The molecule has 2 aliphatic heterocycles.